The number of carbonyl (C=O) groups excluding carboxylic acids is 1. The molecule has 1 N–H and O–H groups in total. The molecule has 1 saturated heterocycles. The van der Waals surface area contributed by atoms with Crippen molar-refractivity contribution in [3.8, 4) is 0 Å². The molecule has 1 aliphatic heterocycles. The summed E-state index contributed by atoms with van der Waals surface area (Å²) in [6.45, 7) is 7.25. The second-order valence-corrected chi connectivity index (χ2v) is 10.6. The highest BCUT2D eigenvalue weighted by Crippen LogP contribution is 2.25. The van der Waals surface area contributed by atoms with Crippen molar-refractivity contribution in [2.75, 3.05) is 13.2 Å². The summed E-state index contributed by atoms with van der Waals surface area (Å²) in [5.41, 5.74) is 2.51. The normalized spacial score (nSPS) is 21.3. The minimum Gasteiger partial charge on any atom is -0.444 e. The molecule has 1 heterocycles. The van der Waals surface area contributed by atoms with Crippen molar-refractivity contribution >= 4 is 6.09 Å². The van der Waals surface area contributed by atoms with E-state index >= 15 is 0 Å². The van der Waals surface area contributed by atoms with E-state index in [1.165, 1.54) is 0 Å². The van der Waals surface area contributed by atoms with Crippen molar-refractivity contribution in [1.29, 1.82) is 0 Å². The molecule has 3 aromatic rings. The van der Waals surface area contributed by atoms with Crippen LogP contribution in [0.15, 0.2) is 91.0 Å². The van der Waals surface area contributed by atoms with Gasteiger partial charge >= 0.3 is 6.09 Å². The molecule has 39 heavy (non-hydrogen) atoms. The summed E-state index contributed by atoms with van der Waals surface area (Å²) in [6, 6.07) is 29.4. The zero-order chi connectivity index (χ0) is 27.5. The third-order valence-electron chi connectivity index (χ3n) is 6.24. The first kappa shape index (κ1) is 28.8. The molecule has 4 atom stereocenters. The van der Waals surface area contributed by atoms with Gasteiger partial charge in [-0.25, -0.2) is 4.79 Å². The molecule has 7 nitrogen and oxygen atoms in total. The highest BCUT2D eigenvalue weighted by molar-refractivity contribution is 5.68. The topological polar surface area (TPSA) is 75.3 Å². The van der Waals surface area contributed by atoms with Crippen LogP contribution in [0.5, 0.6) is 0 Å². The predicted molar refractivity (Wildman–Crippen MR) is 149 cm³/mol. The quantitative estimate of drug-likeness (QED) is 0.343. The number of benzene rings is 3. The second kappa shape index (κ2) is 14.2. The van der Waals surface area contributed by atoms with Crippen LogP contribution in [0, 0.1) is 0 Å². The van der Waals surface area contributed by atoms with Gasteiger partial charge < -0.3 is 29.0 Å². The summed E-state index contributed by atoms with van der Waals surface area (Å²) in [7, 11) is 0. The second-order valence-electron chi connectivity index (χ2n) is 10.6. The van der Waals surface area contributed by atoms with E-state index in [2.05, 4.69) is 5.32 Å². The van der Waals surface area contributed by atoms with Crippen molar-refractivity contribution in [3.05, 3.63) is 108 Å². The van der Waals surface area contributed by atoms with E-state index in [4.69, 9.17) is 23.7 Å². The number of carbonyl (C=O) groups is 1. The van der Waals surface area contributed by atoms with Gasteiger partial charge in [-0.05, 0) is 37.5 Å². The number of ether oxygens (including phenoxy) is 5. The van der Waals surface area contributed by atoms with Gasteiger partial charge in [0.15, 0.2) is 0 Å². The van der Waals surface area contributed by atoms with E-state index in [1.54, 1.807) is 0 Å². The van der Waals surface area contributed by atoms with Gasteiger partial charge in [0.05, 0.1) is 39.1 Å². The first-order valence-corrected chi connectivity index (χ1v) is 13.4. The molecule has 0 aliphatic carbocycles. The lowest BCUT2D eigenvalue weighted by molar-refractivity contribution is -0.207. The van der Waals surface area contributed by atoms with Gasteiger partial charge in [-0.15, -0.1) is 0 Å². The van der Waals surface area contributed by atoms with Crippen LogP contribution in [0.1, 0.15) is 37.5 Å². The molecular weight excluding hydrogens is 494 g/mol. The zero-order valence-corrected chi connectivity index (χ0v) is 23.0. The van der Waals surface area contributed by atoms with Gasteiger partial charge in [0.2, 0.25) is 0 Å². The molecular formula is C32H39NO6. The van der Waals surface area contributed by atoms with Crippen LogP contribution < -0.4 is 5.32 Å². The Balaban J connectivity index is 1.52. The summed E-state index contributed by atoms with van der Waals surface area (Å²) < 4.78 is 30.8. The summed E-state index contributed by atoms with van der Waals surface area (Å²) in [5, 5.41) is 2.96. The number of amides is 1. The van der Waals surface area contributed by atoms with Crippen LogP contribution in [0.3, 0.4) is 0 Å². The van der Waals surface area contributed by atoms with E-state index < -0.39 is 36.0 Å². The van der Waals surface area contributed by atoms with Gasteiger partial charge in [0, 0.05) is 0 Å². The highest BCUT2D eigenvalue weighted by Gasteiger charge is 2.43. The maximum Gasteiger partial charge on any atom is 0.408 e. The molecule has 0 unspecified atom stereocenters. The van der Waals surface area contributed by atoms with Gasteiger partial charge in [-0.2, -0.15) is 0 Å². The Bertz CT molecular complexity index is 1120. The van der Waals surface area contributed by atoms with Crippen LogP contribution in [-0.4, -0.2) is 49.3 Å². The lowest BCUT2D eigenvalue weighted by atomic mass is 9.97. The zero-order valence-electron chi connectivity index (χ0n) is 23.0. The number of hydrogen-bond donors (Lipinski definition) is 1. The van der Waals surface area contributed by atoms with Crippen LogP contribution in [-0.2, 0) is 43.5 Å². The van der Waals surface area contributed by atoms with Crippen molar-refractivity contribution in [2.24, 2.45) is 0 Å². The smallest absolute Gasteiger partial charge is 0.408 e. The van der Waals surface area contributed by atoms with Gasteiger partial charge in [-0.1, -0.05) is 91.0 Å². The number of hydrogen-bond acceptors (Lipinski definition) is 6. The van der Waals surface area contributed by atoms with Crippen molar-refractivity contribution < 1.29 is 28.5 Å². The minimum absolute atomic E-state index is 0.239. The Morgan fingerprint density at radius 2 is 1.26 bits per heavy atom. The van der Waals surface area contributed by atoms with Gasteiger partial charge in [0.25, 0.3) is 0 Å². The maximum atomic E-state index is 12.7. The third-order valence-corrected chi connectivity index (χ3v) is 6.24. The van der Waals surface area contributed by atoms with E-state index in [9.17, 15) is 4.79 Å². The SMILES string of the molecule is CC(C)(C)OC(=O)N[C@H]1CO[C@H](COCc2ccccc2)[C@H](OCc2ccccc2)[C@@H]1OCc1ccccc1. The molecule has 208 valence electrons. The lowest BCUT2D eigenvalue weighted by Gasteiger charge is -2.42. The monoisotopic (exact) mass is 533 g/mol. The standard InChI is InChI=1S/C32H39NO6/c1-32(2,3)39-31(34)33-27-22-36-28(23-35-19-24-13-7-4-8-14-24)30(38-21-26-17-11-6-12-18-26)29(27)37-20-25-15-9-5-10-16-25/h4-18,27-30H,19-23H2,1-3H3,(H,33,34)/t27-,28+,29+,30-/m0/s1. The van der Waals surface area contributed by atoms with Crippen LogP contribution in [0.4, 0.5) is 4.79 Å². The third kappa shape index (κ3) is 9.48. The summed E-state index contributed by atoms with van der Waals surface area (Å²) in [6.07, 6.45) is -1.92. The van der Waals surface area contributed by atoms with Crippen molar-refractivity contribution in [2.45, 2.75) is 70.5 Å². The molecule has 0 bridgehead atoms. The van der Waals surface area contributed by atoms with Crippen molar-refractivity contribution in [3.63, 3.8) is 0 Å². The first-order valence-electron chi connectivity index (χ1n) is 13.4. The van der Waals surface area contributed by atoms with Gasteiger partial charge in [-0.3, -0.25) is 0 Å². The first-order chi connectivity index (χ1) is 18.9. The average molecular weight is 534 g/mol. The van der Waals surface area contributed by atoms with Crippen molar-refractivity contribution in [1.82, 2.24) is 5.32 Å². The van der Waals surface area contributed by atoms with Crippen LogP contribution in [0.25, 0.3) is 0 Å². The molecule has 7 heteroatoms. The Morgan fingerprint density at radius 1 is 0.769 bits per heavy atom. The molecule has 0 aromatic heterocycles. The number of nitrogens with one attached hydrogen (secondary N) is 1. The average Bonchev–Trinajstić information content (AvgIpc) is 2.92. The molecule has 1 fully saturated rings. The number of rotatable bonds is 11. The Hall–Kier alpha value is -3.23. The van der Waals surface area contributed by atoms with E-state index in [-0.39, 0.29) is 6.61 Å². The molecule has 3 aromatic carbocycles. The highest BCUT2D eigenvalue weighted by atomic mass is 16.6. The van der Waals surface area contributed by atoms with Crippen LogP contribution in [0.2, 0.25) is 0 Å². The Labute approximate surface area is 231 Å². The van der Waals surface area contributed by atoms with E-state index in [0.29, 0.717) is 26.4 Å². The molecule has 0 radical (unpaired) electrons. The number of alkyl carbamates (subject to hydrolysis) is 1. The molecule has 1 amide bonds. The lowest BCUT2D eigenvalue weighted by Crippen LogP contribution is -2.62. The summed E-state index contributed by atoms with van der Waals surface area (Å²) in [5.74, 6) is 0. The summed E-state index contributed by atoms with van der Waals surface area (Å²) >= 11 is 0. The molecule has 0 spiro atoms. The summed E-state index contributed by atoms with van der Waals surface area (Å²) in [4.78, 5) is 12.7. The van der Waals surface area contributed by atoms with Gasteiger partial charge in [0.1, 0.15) is 23.9 Å². The fourth-order valence-corrected chi connectivity index (χ4v) is 4.40. The van der Waals surface area contributed by atoms with E-state index in [0.717, 1.165) is 16.7 Å². The molecule has 1 aliphatic rings. The largest absolute Gasteiger partial charge is 0.444 e. The molecule has 4 rings (SSSR count). The molecule has 0 saturated carbocycles. The maximum absolute atomic E-state index is 12.7. The fourth-order valence-electron chi connectivity index (χ4n) is 4.40. The predicted octanol–water partition coefficient (Wildman–Crippen LogP) is 5.67. The Morgan fingerprint density at radius 3 is 1.77 bits per heavy atom. The minimum atomic E-state index is -0.628. The Kier molecular flexibility index (Phi) is 10.5. The van der Waals surface area contributed by atoms with E-state index in [1.807, 2.05) is 112 Å². The van der Waals surface area contributed by atoms with Crippen LogP contribution >= 0.6 is 0 Å². The fraction of sp³-hybridized carbons (Fsp3) is 0.406.